The summed E-state index contributed by atoms with van der Waals surface area (Å²) >= 11 is 7.22. The van der Waals surface area contributed by atoms with Gasteiger partial charge in [0.15, 0.2) is 0 Å². The Balaban J connectivity index is 1.98. The minimum Gasteiger partial charge on any atom is -0.308 e. The van der Waals surface area contributed by atoms with E-state index in [0.29, 0.717) is 15.6 Å². The molecule has 0 aliphatic rings. The monoisotopic (exact) mass is 294 g/mol. The largest absolute Gasteiger partial charge is 0.326 e. The fourth-order valence-electron chi connectivity index (χ4n) is 1.41. The molecule has 0 radical (unpaired) electrons. The van der Waals surface area contributed by atoms with Crippen LogP contribution >= 0.6 is 22.9 Å². The maximum Gasteiger partial charge on any atom is 0.326 e. The summed E-state index contributed by atoms with van der Waals surface area (Å²) in [4.78, 5) is 23.8. The van der Waals surface area contributed by atoms with E-state index in [0.717, 1.165) is 5.56 Å². The number of benzene rings is 1. The van der Waals surface area contributed by atoms with Crippen LogP contribution in [0.4, 0.5) is 10.5 Å². The van der Waals surface area contributed by atoms with Crippen molar-refractivity contribution < 1.29 is 9.59 Å². The number of amides is 3. The fraction of sp³-hybridized carbons (Fsp3) is 0.0769. The lowest BCUT2D eigenvalue weighted by Crippen LogP contribution is -2.33. The number of rotatable bonds is 2. The second kappa shape index (κ2) is 5.86. The van der Waals surface area contributed by atoms with Gasteiger partial charge in [0, 0.05) is 10.7 Å². The first-order chi connectivity index (χ1) is 9.06. The highest BCUT2D eigenvalue weighted by atomic mass is 35.5. The third kappa shape index (κ3) is 3.56. The Morgan fingerprint density at radius 1 is 1.26 bits per heavy atom. The van der Waals surface area contributed by atoms with Crippen LogP contribution in [-0.4, -0.2) is 11.9 Å². The Labute approximate surface area is 119 Å². The first-order valence-corrected chi connectivity index (χ1v) is 6.74. The topological polar surface area (TPSA) is 58.2 Å². The zero-order valence-electron chi connectivity index (χ0n) is 10.1. The molecule has 0 aliphatic carbocycles. The summed E-state index contributed by atoms with van der Waals surface area (Å²) in [6, 6.07) is 7.95. The van der Waals surface area contributed by atoms with E-state index in [-0.39, 0.29) is 0 Å². The minimum atomic E-state index is -0.585. The number of urea groups is 1. The fourth-order valence-corrected chi connectivity index (χ4v) is 2.20. The van der Waals surface area contributed by atoms with Crippen LogP contribution in [0.1, 0.15) is 15.2 Å². The van der Waals surface area contributed by atoms with Gasteiger partial charge < -0.3 is 5.32 Å². The number of carbonyl (C=O) groups is 2. The van der Waals surface area contributed by atoms with Gasteiger partial charge in [0.2, 0.25) is 0 Å². The number of halogens is 1. The smallest absolute Gasteiger partial charge is 0.308 e. The van der Waals surface area contributed by atoms with Crippen LogP contribution < -0.4 is 10.6 Å². The highest BCUT2D eigenvalue weighted by Gasteiger charge is 2.11. The molecule has 2 rings (SSSR count). The molecule has 3 amide bonds. The zero-order valence-corrected chi connectivity index (χ0v) is 11.6. The summed E-state index contributed by atoms with van der Waals surface area (Å²) in [6.07, 6.45) is 0. The molecular weight excluding hydrogens is 284 g/mol. The molecule has 19 heavy (non-hydrogen) atoms. The predicted molar refractivity (Wildman–Crippen MR) is 77.0 cm³/mol. The van der Waals surface area contributed by atoms with E-state index in [9.17, 15) is 9.59 Å². The summed E-state index contributed by atoms with van der Waals surface area (Å²) in [5.41, 5.74) is 1.45. The van der Waals surface area contributed by atoms with E-state index in [4.69, 9.17) is 11.6 Å². The lowest BCUT2D eigenvalue weighted by Gasteiger charge is -2.07. The van der Waals surface area contributed by atoms with Crippen molar-refractivity contribution in [1.82, 2.24) is 5.32 Å². The lowest BCUT2D eigenvalue weighted by atomic mass is 10.2. The molecule has 1 aromatic heterocycles. The molecule has 1 aromatic carbocycles. The maximum absolute atomic E-state index is 11.6. The average Bonchev–Trinajstić information content (AvgIpc) is 2.87. The molecule has 4 nitrogen and oxygen atoms in total. The number of hydrogen-bond acceptors (Lipinski definition) is 3. The van der Waals surface area contributed by atoms with Crippen LogP contribution in [0.25, 0.3) is 0 Å². The van der Waals surface area contributed by atoms with Gasteiger partial charge in [-0.25, -0.2) is 4.79 Å². The Bertz CT molecular complexity index is 611. The highest BCUT2D eigenvalue weighted by Crippen LogP contribution is 2.19. The number of hydrogen-bond donors (Lipinski definition) is 2. The van der Waals surface area contributed by atoms with Crippen LogP contribution in [0, 0.1) is 6.92 Å². The van der Waals surface area contributed by atoms with Crippen LogP contribution in [-0.2, 0) is 0 Å². The standard InChI is InChI=1S/C13H11ClN2O2S/c1-8-4-5-9(7-10(8)14)15-13(18)16-12(17)11-3-2-6-19-11/h2-7H,1H3,(H2,15,16,17,18). The molecule has 0 saturated carbocycles. The highest BCUT2D eigenvalue weighted by molar-refractivity contribution is 7.12. The molecule has 0 aliphatic heterocycles. The van der Waals surface area contributed by atoms with Gasteiger partial charge in [-0.15, -0.1) is 11.3 Å². The summed E-state index contributed by atoms with van der Waals surface area (Å²) in [6.45, 7) is 1.87. The molecule has 0 spiro atoms. The molecule has 1 heterocycles. The number of thiophene rings is 1. The Hall–Kier alpha value is -1.85. The van der Waals surface area contributed by atoms with Crippen LogP contribution in [0.15, 0.2) is 35.7 Å². The first kappa shape index (κ1) is 13.6. The van der Waals surface area contributed by atoms with Crippen molar-refractivity contribution in [1.29, 1.82) is 0 Å². The zero-order chi connectivity index (χ0) is 13.8. The third-order valence-corrected chi connectivity index (χ3v) is 3.68. The van der Waals surface area contributed by atoms with E-state index >= 15 is 0 Å². The van der Waals surface area contributed by atoms with Crippen molar-refractivity contribution >= 4 is 40.6 Å². The summed E-state index contributed by atoms with van der Waals surface area (Å²) in [7, 11) is 0. The number of anilines is 1. The quantitative estimate of drug-likeness (QED) is 0.888. The average molecular weight is 295 g/mol. The van der Waals surface area contributed by atoms with Crippen molar-refractivity contribution in [2.75, 3.05) is 5.32 Å². The molecule has 0 atom stereocenters. The normalized spacial score (nSPS) is 10.0. The molecule has 0 bridgehead atoms. The van der Waals surface area contributed by atoms with Gasteiger partial charge in [0.25, 0.3) is 5.91 Å². The second-order valence-corrected chi connectivity index (χ2v) is 5.20. The Kier molecular flexibility index (Phi) is 4.19. The van der Waals surface area contributed by atoms with Crippen molar-refractivity contribution in [3.63, 3.8) is 0 Å². The molecule has 2 aromatic rings. The van der Waals surface area contributed by atoms with E-state index in [1.54, 1.807) is 35.7 Å². The van der Waals surface area contributed by atoms with Gasteiger partial charge in [0.05, 0.1) is 4.88 Å². The SMILES string of the molecule is Cc1ccc(NC(=O)NC(=O)c2cccs2)cc1Cl. The number of nitrogens with one attached hydrogen (secondary N) is 2. The number of imide groups is 1. The third-order valence-electron chi connectivity index (χ3n) is 2.40. The summed E-state index contributed by atoms with van der Waals surface area (Å²) in [5, 5.41) is 7.12. The van der Waals surface area contributed by atoms with Crippen molar-refractivity contribution in [3.8, 4) is 0 Å². The lowest BCUT2D eigenvalue weighted by molar-refractivity contribution is 0.0971. The van der Waals surface area contributed by atoms with Crippen molar-refractivity contribution in [2.24, 2.45) is 0 Å². The molecular formula is C13H11ClN2O2S. The summed E-state index contributed by atoms with van der Waals surface area (Å²) in [5.74, 6) is -0.425. The Morgan fingerprint density at radius 2 is 2.05 bits per heavy atom. The van der Waals surface area contributed by atoms with E-state index < -0.39 is 11.9 Å². The Morgan fingerprint density at radius 3 is 2.68 bits per heavy atom. The second-order valence-electron chi connectivity index (χ2n) is 3.85. The van der Waals surface area contributed by atoms with Crippen LogP contribution in [0.2, 0.25) is 5.02 Å². The van der Waals surface area contributed by atoms with E-state index in [1.807, 2.05) is 6.92 Å². The van der Waals surface area contributed by atoms with Crippen molar-refractivity contribution in [2.45, 2.75) is 6.92 Å². The molecule has 0 fully saturated rings. The van der Waals surface area contributed by atoms with Gasteiger partial charge in [-0.1, -0.05) is 23.7 Å². The van der Waals surface area contributed by atoms with Gasteiger partial charge >= 0.3 is 6.03 Å². The maximum atomic E-state index is 11.6. The summed E-state index contributed by atoms with van der Waals surface area (Å²) < 4.78 is 0. The van der Waals surface area contributed by atoms with Crippen molar-refractivity contribution in [3.05, 3.63) is 51.2 Å². The number of aryl methyl sites for hydroxylation is 1. The number of carbonyl (C=O) groups excluding carboxylic acids is 2. The van der Waals surface area contributed by atoms with Gasteiger partial charge in [-0.2, -0.15) is 0 Å². The van der Waals surface area contributed by atoms with Gasteiger partial charge in [0.1, 0.15) is 0 Å². The molecule has 2 N–H and O–H groups in total. The van der Waals surface area contributed by atoms with Gasteiger partial charge in [-0.3, -0.25) is 10.1 Å². The van der Waals surface area contributed by atoms with Crippen LogP contribution in [0.5, 0.6) is 0 Å². The molecule has 0 unspecified atom stereocenters. The minimum absolute atomic E-state index is 0.425. The van der Waals surface area contributed by atoms with E-state index in [1.165, 1.54) is 11.3 Å². The molecule has 98 valence electrons. The molecule has 6 heteroatoms. The van der Waals surface area contributed by atoms with Gasteiger partial charge in [-0.05, 0) is 36.1 Å². The van der Waals surface area contributed by atoms with Crippen LogP contribution in [0.3, 0.4) is 0 Å². The predicted octanol–water partition coefficient (Wildman–Crippen LogP) is 3.67. The van der Waals surface area contributed by atoms with E-state index in [2.05, 4.69) is 10.6 Å². The molecule has 0 saturated heterocycles. The first-order valence-electron chi connectivity index (χ1n) is 5.48.